The van der Waals surface area contributed by atoms with Crippen LogP contribution in [0, 0.1) is 5.92 Å². The summed E-state index contributed by atoms with van der Waals surface area (Å²) in [5.41, 5.74) is 1.97. The number of pyridine rings is 1. The summed E-state index contributed by atoms with van der Waals surface area (Å²) in [4.78, 5) is 69.0. The van der Waals surface area contributed by atoms with E-state index in [1.807, 2.05) is 0 Å². The Morgan fingerprint density at radius 3 is 2.67 bits per heavy atom. The zero-order valence-corrected chi connectivity index (χ0v) is 24.2. The molecule has 1 atom stereocenters. The smallest absolute Gasteiger partial charge is 0.407 e. The molecule has 0 bridgehead atoms. The Hall–Kier alpha value is -4.55. The standard InChI is InChI=1S/C29H38N8O5/c1-35(2)23(38)14-8-7-12-20(16-36(3)29(41)42)27(39)32-21-13-9-15-37(28(21)40)17-22-33-25-24(19-10-5-4-6-11-19)30-18-31-26(25)34-22/h8-9,13-15,18-20H,4-7,10-12,16-17H2,1-3H3,(H,32,39)(H,41,42)(H,30,31,33,34)/b14-8+/t20-/m0/s1. The van der Waals surface area contributed by atoms with Gasteiger partial charge in [-0.1, -0.05) is 25.3 Å². The predicted molar refractivity (Wildman–Crippen MR) is 157 cm³/mol. The van der Waals surface area contributed by atoms with E-state index in [4.69, 9.17) is 0 Å². The van der Waals surface area contributed by atoms with Crippen LogP contribution in [0.15, 0.2) is 41.6 Å². The van der Waals surface area contributed by atoms with E-state index < -0.39 is 23.5 Å². The van der Waals surface area contributed by atoms with Crippen LogP contribution in [0.5, 0.6) is 0 Å². The Kier molecular flexibility index (Phi) is 10.0. The highest BCUT2D eigenvalue weighted by molar-refractivity contribution is 5.92. The van der Waals surface area contributed by atoms with E-state index in [9.17, 15) is 24.3 Å². The van der Waals surface area contributed by atoms with Gasteiger partial charge in [0.25, 0.3) is 5.56 Å². The van der Waals surface area contributed by atoms with E-state index in [0.717, 1.165) is 29.0 Å². The minimum absolute atomic E-state index is 0.0684. The largest absolute Gasteiger partial charge is 0.465 e. The molecule has 3 aromatic heterocycles. The first-order chi connectivity index (χ1) is 20.1. The molecule has 1 aliphatic carbocycles. The van der Waals surface area contributed by atoms with E-state index >= 15 is 0 Å². The number of amides is 3. The molecule has 224 valence electrons. The van der Waals surface area contributed by atoms with Gasteiger partial charge in [-0.25, -0.2) is 19.7 Å². The lowest BCUT2D eigenvalue weighted by atomic mass is 9.86. The Labute approximate surface area is 243 Å². The number of rotatable bonds is 11. The molecule has 1 fully saturated rings. The van der Waals surface area contributed by atoms with Gasteiger partial charge in [0.2, 0.25) is 11.8 Å². The molecular formula is C29H38N8O5. The number of allylic oxidation sites excluding steroid dienone is 1. The minimum atomic E-state index is -1.17. The number of anilines is 1. The summed E-state index contributed by atoms with van der Waals surface area (Å²) in [5.74, 6) is -0.513. The van der Waals surface area contributed by atoms with Crippen LogP contribution in [-0.4, -0.2) is 85.0 Å². The van der Waals surface area contributed by atoms with E-state index in [1.165, 1.54) is 54.2 Å². The van der Waals surface area contributed by atoms with Crippen molar-refractivity contribution in [3.8, 4) is 0 Å². The predicted octanol–water partition coefficient (Wildman–Crippen LogP) is 3.20. The number of nitrogens with zero attached hydrogens (tertiary/aromatic N) is 6. The third kappa shape index (κ3) is 7.59. The van der Waals surface area contributed by atoms with Gasteiger partial charge in [-0.15, -0.1) is 0 Å². The topological polar surface area (TPSA) is 166 Å². The van der Waals surface area contributed by atoms with Crippen LogP contribution in [0.1, 0.15) is 62.4 Å². The number of carbonyl (C=O) groups excluding carboxylic acids is 2. The van der Waals surface area contributed by atoms with Crippen molar-refractivity contribution < 1.29 is 19.5 Å². The van der Waals surface area contributed by atoms with Crippen molar-refractivity contribution in [1.29, 1.82) is 0 Å². The minimum Gasteiger partial charge on any atom is -0.465 e. The van der Waals surface area contributed by atoms with Crippen LogP contribution < -0.4 is 10.9 Å². The average Bonchev–Trinajstić information content (AvgIpc) is 3.39. The highest BCUT2D eigenvalue weighted by Crippen LogP contribution is 2.34. The highest BCUT2D eigenvalue weighted by atomic mass is 16.4. The number of hydrogen-bond donors (Lipinski definition) is 3. The molecular weight excluding hydrogens is 540 g/mol. The summed E-state index contributed by atoms with van der Waals surface area (Å²) in [6.07, 6.45) is 11.4. The summed E-state index contributed by atoms with van der Waals surface area (Å²) in [5, 5.41) is 12.0. The van der Waals surface area contributed by atoms with Crippen molar-refractivity contribution in [2.75, 3.05) is 33.0 Å². The van der Waals surface area contributed by atoms with Gasteiger partial charge in [-0.2, -0.15) is 0 Å². The van der Waals surface area contributed by atoms with E-state index in [2.05, 4.69) is 25.3 Å². The lowest BCUT2D eigenvalue weighted by Crippen LogP contribution is -2.37. The second-order valence-electron chi connectivity index (χ2n) is 10.9. The molecule has 3 N–H and O–H groups in total. The van der Waals surface area contributed by atoms with Crippen LogP contribution >= 0.6 is 0 Å². The van der Waals surface area contributed by atoms with Crippen molar-refractivity contribution >= 4 is 34.8 Å². The Bertz CT molecular complexity index is 1510. The van der Waals surface area contributed by atoms with Crippen LogP contribution in [0.4, 0.5) is 10.5 Å². The van der Waals surface area contributed by atoms with Crippen LogP contribution in [-0.2, 0) is 16.1 Å². The van der Waals surface area contributed by atoms with Crippen LogP contribution in [0.25, 0.3) is 11.2 Å². The molecule has 0 radical (unpaired) electrons. The van der Waals surface area contributed by atoms with Crippen molar-refractivity contribution in [3.63, 3.8) is 0 Å². The maximum Gasteiger partial charge on any atom is 0.407 e. The molecule has 3 amide bonds. The third-order valence-corrected chi connectivity index (χ3v) is 7.53. The van der Waals surface area contributed by atoms with Gasteiger partial charge in [-0.3, -0.25) is 14.4 Å². The number of hydrogen-bond acceptors (Lipinski definition) is 7. The maximum absolute atomic E-state index is 13.3. The van der Waals surface area contributed by atoms with Gasteiger partial charge >= 0.3 is 6.09 Å². The fraction of sp³-hybridized carbons (Fsp3) is 0.483. The van der Waals surface area contributed by atoms with E-state index in [-0.39, 0.29) is 31.1 Å². The molecule has 13 heteroatoms. The van der Waals surface area contributed by atoms with Gasteiger partial charge < -0.3 is 29.8 Å². The van der Waals surface area contributed by atoms with Crippen LogP contribution in [0.2, 0.25) is 0 Å². The van der Waals surface area contributed by atoms with E-state index in [1.54, 1.807) is 32.4 Å². The molecule has 42 heavy (non-hydrogen) atoms. The molecule has 0 unspecified atom stereocenters. The van der Waals surface area contributed by atoms with E-state index in [0.29, 0.717) is 23.8 Å². The molecule has 4 rings (SSSR count). The van der Waals surface area contributed by atoms with Crippen molar-refractivity contribution in [1.82, 2.24) is 34.3 Å². The first-order valence-electron chi connectivity index (χ1n) is 14.2. The molecule has 0 aromatic carbocycles. The fourth-order valence-corrected chi connectivity index (χ4v) is 5.15. The Morgan fingerprint density at radius 1 is 1.19 bits per heavy atom. The number of aromatic amines is 1. The Balaban J connectivity index is 1.49. The lowest BCUT2D eigenvalue weighted by Gasteiger charge is -2.21. The zero-order valence-electron chi connectivity index (χ0n) is 24.2. The normalized spacial score (nSPS) is 14.6. The molecule has 0 saturated heterocycles. The van der Waals surface area contributed by atoms with Gasteiger partial charge in [0.15, 0.2) is 5.65 Å². The monoisotopic (exact) mass is 578 g/mol. The number of nitrogens with one attached hydrogen (secondary N) is 2. The highest BCUT2D eigenvalue weighted by Gasteiger charge is 2.24. The quantitative estimate of drug-likeness (QED) is 0.292. The summed E-state index contributed by atoms with van der Waals surface area (Å²) in [7, 11) is 4.64. The van der Waals surface area contributed by atoms with Gasteiger partial charge in [0.1, 0.15) is 23.4 Å². The number of likely N-dealkylation sites (N-methyl/N-ethyl adjacent to an activating group) is 1. The number of H-pyrrole nitrogens is 1. The molecule has 13 nitrogen and oxygen atoms in total. The second-order valence-corrected chi connectivity index (χ2v) is 10.9. The first kappa shape index (κ1) is 30.4. The third-order valence-electron chi connectivity index (χ3n) is 7.53. The number of carboxylic acid groups (broad SMARTS) is 1. The maximum atomic E-state index is 13.3. The van der Waals surface area contributed by atoms with Crippen molar-refractivity contribution in [2.45, 2.75) is 57.4 Å². The molecule has 1 saturated carbocycles. The van der Waals surface area contributed by atoms with Crippen molar-refractivity contribution in [3.05, 3.63) is 58.7 Å². The molecule has 3 aromatic rings. The second kappa shape index (κ2) is 13.9. The first-order valence-corrected chi connectivity index (χ1v) is 14.2. The number of fused-ring (bicyclic) bond motifs is 1. The van der Waals surface area contributed by atoms with Gasteiger partial charge in [0, 0.05) is 39.8 Å². The number of imidazole rings is 1. The summed E-state index contributed by atoms with van der Waals surface area (Å²) in [6.45, 7) is 0.0693. The Morgan fingerprint density at radius 2 is 1.95 bits per heavy atom. The van der Waals surface area contributed by atoms with Gasteiger partial charge in [-0.05, 0) is 43.9 Å². The summed E-state index contributed by atoms with van der Waals surface area (Å²) < 4.78 is 1.44. The number of aromatic nitrogens is 5. The zero-order chi connectivity index (χ0) is 30.2. The molecule has 0 spiro atoms. The summed E-state index contributed by atoms with van der Waals surface area (Å²) in [6, 6.07) is 3.16. The van der Waals surface area contributed by atoms with Gasteiger partial charge in [0.05, 0.1) is 18.2 Å². The lowest BCUT2D eigenvalue weighted by molar-refractivity contribution is -0.123. The molecule has 1 aliphatic rings. The van der Waals surface area contributed by atoms with Crippen molar-refractivity contribution in [2.24, 2.45) is 5.92 Å². The SMILES string of the molecule is CN(C)C(=O)/C=C/CC[C@@H](CN(C)C(=O)O)C(=O)Nc1cccn(Cc2nc3ncnc(C4CCCCC4)c3[nH]2)c1=O. The summed E-state index contributed by atoms with van der Waals surface area (Å²) >= 11 is 0. The number of carbonyl (C=O) groups is 3. The van der Waals surface area contributed by atoms with Crippen LogP contribution in [0.3, 0.4) is 0 Å². The molecule has 3 heterocycles. The molecule has 0 aliphatic heterocycles. The fourth-order valence-electron chi connectivity index (χ4n) is 5.15. The average molecular weight is 579 g/mol.